The summed E-state index contributed by atoms with van der Waals surface area (Å²) in [6.07, 6.45) is 0.265. The lowest BCUT2D eigenvalue weighted by Crippen LogP contribution is -2.47. The summed E-state index contributed by atoms with van der Waals surface area (Å²) in [5.41, 5.74) is -0.745. The summed E-state index contributed by atoms with van der Waals surface area (Å²) < 4.78 is 15.0. The van der Waals surface area contributed by atoms with Crippen LogP contribution in [0.2, 0.25) is 0 Å². The number of imide groups is 1. The second kappa shape index (κ2) is 7.77. The van der Waals surface area contributed by atoms with Gasteiger partial charge >= 0.3 is 17.9 Å². The number of likely N-dealkylation sites (tertiary alicyclic amines) is 1. The number of benzene rings is 1. The Hall–Kier alpha value is -3.69. The van der Waals surface area contributed by atoms with Crippen LogP contribution in [0.1, 0.15) is 36.4 Å². The maximum absolute atomic E-state index is 13.1. The highest BCUT2D eigenvalue weighted by Gasteiger charge is 2.67. The van der Waals surface area contributed by atoms with Crippen LogP contribution in [0.3, 0.4) is 0 Å². The molecule has 3 aliphatic heterocycles. The first-order valence-corrected chi connectivity index (χ1v) is 10.0. The van der Waals surface area contributed by atoms with Crippen molar-refractivity contribution in [1.29, 1.82) is 0 Å². The zero-order valence-electron chi connectivity index (χ0n) is 17.8. The molecule has 2 amide bonds. The Bertz CT molecular complexity index is 1030. The van der Waals surface area contributed by atoms with Gasteiger partial charge in [0.15, 0.2) is 5.41 Å². The molecule has 0 radical (unpaired) electrons. The average molecular weight is 442 g/mol. The van der Waals surface area contributed by atoms with E-state index >= 15 is 0 Å². The van der Waals surface area contributed by atoms with E-state index in [9.17, 15) is 24.0 Å². The smallest absolute Gasteiger partial charge is 0.339 e. The standard InChI is InChI=1S/C22H22N2O8/c1-30-19(27)14-11-23-15(24-16(25)8-9-17(24)26)10-22(20(28)31-2,21(29)32-3)18(23)13-7-5-4-6-12(13)14/h4-7,11,15,18H,8-10H2,1-3H3/t15-,18-/m1/s1. The highest BCUT2D eigenvalue weighted by atomic mass is 16.5. The summed E-state index contributed by atoms with van der Waals surface area (Å²) in [5, 5.41) is 0. The SMILES string of the molecule is COC(=O)C1=CN2[C@H](N3C(=O)CCC3=O)CC(C(=O)OC)(C(=O)OC)[C@H]2c2ccccc21. The highest BCUT2D eigenvalue weighted by molar-refractivity contribution is 6.17. The Kier molecular flexibility index (Phi) is 5.23. The lowest BCUT2D eigenvalue weighted by Gasteiger charge is -2.39. The second-order valence-electron chi connectivity index (χ2n) is 7.77. The van der Waals surface area contributed by atoms with Crippen molar-refractivity contribution >= 4 is 35.3 Å². The normalized spacial score (nSPS) is 23.3. The van der Waals surface area contributed by atoms with Gasteiger partial charge in [-0.15, -0.1) is 0 Å². The van der Waals surface area contributed by atoms with Crippen molar-refractivity contribution < 1.29 is 38.2 Å². The summed E-state index contributed by atoms with van der Waals surface area (Å²) in [4.78, 5) is 66.6. The van der Waals surface area contributed by atoms with E-state index in [0.29, 0.717) is 11.1 Å². The first-order valence-electron chi connectivity index (χ1n) is 10.0. The molecule has 0 bridgehead atoms. The van der Waals surface area contributed by atoms with Crippen molar-refractivity contribution in [2.45, 2.75) is 31.5 Å². The zero-order valence-corrected chi connectivity index (χ0v) is 17.8. The third-order valence-corrected chi connectivity index (χ3v) is 6.33. The molecule has 2 saturated heterocycles. The van der Waals surface area contributed by atoms with Crippen molar-refractivity contribution in [1.82, 2.24) is 9.80 Å². The van der Waals surface area contributed by atoms with Gasteiger partial charge in [0.05, 0.1) is 32.9 Å². The lowest BCUT2D eigenvalue weighted by atomic mass is 9.74. The third-order valence-electron chi connectivity index (χ3n) is 6.33. The molecule has 4 rings (SSSR count). The number of ether oxygens (including phenoxy) is 3. The Labute approximate surface area is 183 Å². The first kappa shape index (κ1) is 21.5. The monoisotopic (exact) mass is 442 g/mol. The van der Waals surface area contributed by atoms with Crippen molar-refractivity contribution in [3.63, 3.8) is 0 Å². The van der Waals surface area contributed by atoms with Gasteiger partial charge in [0.1, 0.15) is 6.17 Å². The van der Waals surface area contributed by atoms with Crippen LogP contribution in [-0.2, 0) is 38.2 Å². The number of hydrogen-bond acceptors (Lipinski definition) is 9. The molecule has 0 N–H and O–H groups in total. The van der Waals surface area contributed by atoms with Crippen molar-refractivity contribution in [3.05, 3.63) is 41.6 Å². The Morgan fingerprint density at radius 1 is 0.938 bits per heavy atom. The molecule has 0 unspecified atom stereocenters. The second-order valence-corrected chi connectivity index (χ2v) is 7.77. The topological polar surface area (TPSA) is 120 Å². The van der Waals surface area contributed by atoms with Gasteiger partial charge in [-0.25, -0.2) is 4.79 Å². The molecular formula is C22H22N2O8. The predicted molar refractivity (Wildman–Crippen MR) is 107 cm³/mol. The van der Waals surface area contributed by atoms with Gasteiger partial charge in [-0.2, -0.15) is 0 Å². The lowest BCUT2D eigenvalue weighted by molar-refractivity contribution is -0.171. The minimum absolute atomic E-state index is 0.0292. The molecule has 168 valence electrons. The average Bonchev–Trinajstić information content (AvgIpc) is 3.33. The molecule has 1 aromatic rings. The van der Waals surface area contributed by atoms with E-state index in [1.54, 1.807) is 24.3 Å². The Morgan fingerprint density at radius 3 is 2.09 bits per heavy atom. The van der Waals surface area contributed by atoms with Gasteiger partial charge < -0.3 is 19.1 Å². The van der Waals surface area contributed by atoms with Crippen LogP contribution in [0.5, 0.6) is 0 Å². The van der Waals surface area contributed by atoms with E-state index in [1.165, 1.54) is 18.2 Å². The van der Waals surface area contributed by atoms with E-state index in [-0.39, 0.29) is 24.8 Å². The van der Waals surface area contributed by atoms with Crippen molar-refractivity contribution in [2.75, 3.05) is 21.3 Å². The molecule has 0 saturated carbocycles. The Morgan fingerprint density at radius 2 is 1.53 bits per heavy atom. The number of fused-ring (bicyclic) bond motifs is 3. The van der Waals surface area contributed by atoms with Gasteiger partial charge in [0.25, 0.3) is 0 Å². The van der Waals surface area contributed by atoms with Crippen LogP contribution < -0.4 is 0 Å². The van der Waals surface area contributed by atoms with Crippen molar-refractivity contribution in [2.24, 2.45) is 5.41 Å². The molecule has 10 nitrogen and oxygen atoms in total. The van der Waals surface area contributed by atoms with Gasteiger partial charge in [-0.1, -0.05) is 24.3 Å². The minimum atomic E-state index is -1.87. The van der Waals surface area contributed by atoms with E-state index in [4.69, 9.17) is 14.2 Å². The first-order chi connectivity index (χ1) is 15.3. The maximum atomic E-state index is 13.1. The number of hydrogen-bond donors (Lipinski definition) is 0. The molecule has 2 fully saturated rings. The largest absolute Gasteiger partial charge is 0.468 e. The Balaban J connectivity index is 2.00. The van der Waals surface area contributed by atoms with Crippen LogP contribution >= 0.6 is 0 Å². The van der Waals surface area contributed by atoms with Gasteiger partial charge in [0, 0.05) is 25.5 Å². The maximum Gasteiger partial charge on any atom is 0.339 e. The van der Waals surface area contributed by atoms with E-state index in [2.05, 4.69) is 0 Å². The predicted octanol–water partition coefficient (Wildman–Crippen LogP) is 0.768. The molecule has 32 heavy (non-hydrogen) atoms. The number of amides is 2. The van der Waals surface area contributed by atoms with Gasteiger partial charge in [-0.05, 0) is 11.1 Å². The molecule has 0 aromatic heterocycles. The van der Waals surface area contributed by atoms with E-state index < -0.39 is 47.3 Å². The summed E-state index contributed by atoms with van der Waals surface area (Å²) in [5.74, 6) is -3.19. The number of nitrogens with zero attached hydrogens (tertiary/aromatic N) is 2. The number of rotatable bonds is 4. The summed E-state index contributed by atoms with van der Waals surface area (Å²) in [6, 6.07) is 5.80. The summed E-state index contributed by atoms with van der Waals surface area (Å²) in [7, 11) is 3.54. The quantitative estimate of drug-likeness (QED) is 0.288. The highest BCUT2D eigenvalue weighted by Crippen LogP contribution is 2.56. The number of carbonyl (C=O) groups excluding carboxylic acids is 5. The molecule has 0 aliphatic carbocycles. The van der Waals surface area contributed by atoms with Crippen LogP contribution in [0, 0.1) is 5.41 Å². The molecule has 2 atom stereocenters. The molecular weight excluding hydrogens is 420 g/mol. The number of methoxy groups -OCH3 is 3. The number of esters is 3. The fraction of sp³-hybridized carbons (Fsp3) is 0.409. The van der Waals surface area contributed by atoms with Crippen molar-refractivity contribution in [3.8, 4) is 0 Å². The van der Waals surface area contributed by atoms with Gasteiger partial charge in [0.2, 0.25) is 11.8 Å². The van der Waals surface area contributed by atoms with E-state index in [0.717, 1.165) is 19.1 Å². The van der Waals surface area contributed by atoms with E-state index in [1.807, 2.05) is 0 Å². The molecule has 1 aromatic carbocycles. The summed E-state index contributed by atoms with van der Waals surface area (Å²) >= 11 is 0. The zero-order chi connectivity index (χ0) is 23.2. The van der Waals surface area contributed by atoms with Crippen LogP contribution in [0.25, 0.3) is 5.57 Å². The fourth-order valence-corrected chi connectivity index (χ4v) is 4.98. The third kappa shape index (κ3) is 2.82. The number of carbonyl (C=O) groups is 5. The van der Waals surface area contributed by atoms with Crippen LogP contribution in [-0.4, -0.2) is 67.0 Å². The summed E-state index contributed by atoms with van der Waals surface area (Å²) in [6.45, 7) is 0. The molecule has 3 aliphatic rings. The molecule has 0 spiro atoms. The molecule has 3 heterocycles. The van der Waals surface area contributed by atoms with Crippen LogP contribution in [0.15, 0.2) is 30.5 Å². The van der Waals surface area contributed by atoms with Crippen LogP contribution in [0.4, 0.5) is 0 Å². The van der Waals surface area contributed by atoms with Gasteiger partial charge in [-0.3, -0.25) is 24.1 Å². The molecule has 10 heteroatoms. The fourth-order valence-electron chi connectivity index (χ4n) is 4.98. The minimum Gasteiger partial charge on any atom is -0.468 e.